The van der Waals surface area contributed by atoms with E-state index in [-0.39, 0.29) is 31.2 Å². The molecule has 0 bridgehead atoms. The van der Waals surface area contributed by atoms with Crippen LogP contribution in [0.3, 0.4) is 0 Å². The standard InChI is InChI=1S/C14H23F3N2O.ClH/c1-13(8-18,10-5-6-10)19-12(20)9-3-2-4-11(7-9)14(15,16)17;/h9-11H,2-8,18H2,1H3,(H,19,20);1H. The summed E-state index contributed by atoms with van der Waals surface area (Å²) in [6.45, 7) is 2.23. The molecular formula is C14H24ClF3N2O. The average molecular weight is 329 g/mol. The van der Waals surface area contributed by atoms with Gasteiger partial charge in [0.2, 0.25) is 5.91 Å². The Morgan fingerprint density at radius 2 is 1.81 bits per heavy atom. The molecule has 0 spiro atoms. The Bertz CT molecular complexity index is 374. The summed E-state index contributed by atoms with van der Waals surface area (Å²) < 4.78 is 38.3. The molecule has 3 nitrogen and oxygen atoms in total. The number of hydrogen-bond donors (Lipinski definition) is 2. The van der Waals surface area contributed by atoms with Gasteiger partial charge in [0.25, 0.3) is 0 Å². The molecule has 3 N–H and O–H groups in total. The van der Waals surface area contributed by atoms with Crippen molar-refractivity contribution in [1.29, 1.82) is 0 Å². The first-order valence-electron chi connectivity index (χ1n) is 7.35. The summed E-state index contributed by atoms with van der Waals surface area (Å²) in [5.74, 6) is -1.74. The summed E-state index contributed by atoms with van der Waals surface area (Å²) >= 11 is 0. The van der Waals surface area contributed by atoms with E-state index in [2.05, 4.69) is 5.32 Å². The Morgan fingerprint density at radius 3 is 2.29 bits per heavy atom. The minimum Gasteiger partial charge on any atom is -0.349 e. The summed E-state index contributed by atoms with van der Waals surface area (Å²) in [6, 6.07) is 0. The lowest BCUT2D eigenvalue weighted by atomic mass is 9.80. The van der Waals surface area contributed by atoms with Crippen LogP contribution in [0, 0.1) is 17.8 Å². The summed E-state index contributed by atoms with van der Waals surface area (Å²) in [6.07, 6.45) is -1.06. The van der Waals surface area contributed by atoms with Crippen LogP contribution in [0.5, 0.6) is 0 Å². The normalized spacial score (nSPS) is 29.2. The van der Waals surface area contributed by atoms with Gasteiger partial charge in [0.1, 0.15) is 0 Å². The van der Waals surface area contributed by atoms with E-state index in [0.29, 0.717) is 25.3 Å². The van der Waals surface area contributed by atoms with E-state index in [9.17, 15) is 18.0 Å². The quantitative estimate of drug-likeness (QED) is 0.833. The molecule has 0 aromatic carbocycles. The van der Waals surface area contributed by atoms with Crippen LogP contribution in [0.25, 0.3) is 0 Å². The largest absolute Gasteiger partial charge is 0.391 e. The lowest BCUT2D eigenvalue weighted by Crippen LogP contribution is -2.55. The molecule has 2 aliphatic rings. The summed E-state index contributed by atoms with van der Waals surface area (Å²) in [5.41, 5.74) is 5.27. The molecule has 0 saturated heterocycles. The van der Waals surface area contributed by atoms with Gasteiger partial charge in [-0.05, 0) is 44.9 Å². The number of hydrogen-bond acceptors (Lipinski definition) is 2. The number of rotatable bonds is 4. The van der Waals surface area contributed by atoms with Gasteiger partial charge >= 0.3 is 6.18 Å². The third-order valence-electron chi connectivity index (χ3n) is 4.82. The molecular weight excluding hydrogens is 305 g/mol. The number of nitrogens with one attached hydrogen (secondary N) is 1. The van der Waals surface area contributed by atoms with E-state index in [1.54, 1.807) is 0 Å². The first-order chi connectivity index (χ1) is 9.26. The fraction of sp³-hybridized carbons (Fsp3) is 0.929. The number of amides is 1. The van der Waals surface area contributed by atoms with Crippen LogP contribution in [-0.2, 0) is 4.79 Å². The van der Waals surface area contributed by atoms with Gasteiger partial charge in [-0.3, -0.25) is 4.79 Å². The van der Waals surface area contributed by atoms with Gasteiger partial charge in [0, 0.05) is 12.5 Å². The zero-order valence-electron chi connectivity index (χ0n) is 12.2. The third-order valence-corrected chi connectivity index (χ3v) is 4.82. The van der Waals surface area contributed by atoms with Crippen molar-refractivity contribution in [2.24, 2.45) is 23.5 Å². The second kappa shape index (κ2) is 6.73. The lowest BCUT2D eigenvalue weighted by molar-refractivity contribution is -0.186. The minimum atomic E-state index is -4.19. The van der Waals surface area contributed by atoms with E-state index in [1.807, 2.05) is 6.92 Å². The fourth-order valence-corrected chi connectivity index (χ4v) is 3.15. The number of halogens is 4. The molecule has 2 saturated carbocycles. The molecule has 21 heavy (non-hydrogen) atoms. The zero-order chi connectivity index (χ0) is 15.0. The molecule has 0 radical (unpaired) electrons. The smallest absolute Gasteiger partial charge is 0.349 e. The number of alkyl halides is 3. The van der Waals surface area contributed by atoms with Gasteiger partial charge < -0.3 is 11.1 Å². The van der Waals surface area contributed by atoms with Crippen LogP contribution in [0.1, 0.15) is 45.4 Å². The summed E-state index contributed by atoms with van der Waals surface area (Å²) in [5, 5.41) is 2.92. The highest BCUT2D eigenvalue weighted by atomic mass is 35.5. The molecule has 3 atom stereocenters. The number of carbonyl (C=O) groups is 1. The minimum absolute atomic E-state index is 0. The Labute approximate surface area is 129 Å². The van der Waals surface area contributed by atoms with Gasteiger partial charge in [-0.15, -0.1) is 12.4 Å². The molecule has 0 aromatic rings. The fourth-order valence-electron chi connectivity index (χ4n) is 3.15. The molecule has 2 aliphatic carbocycles. The Morgan fingerprint density at radius 1 is 1.19 bits per heavy atom. The SMILES string of the molecule is CC(CN)(NC(=O)C1CCCC(C(F)(F)F)C1)C1CC1.Cl. The molecule has 124 valence electrons. The van der Waals surface area contributed by atoms with Crippen molar-refractivity contribution in [2.45, 2.75) is 57.2 Å². The predicted octanol–water partition coefficient (Wildman–Crippen LogP) is 3.02. The maximum Gasteiger partial charge on any atom is 0.391 e. The van der Waals surface area contributed by atoms with Crippen molar-refractivity contribution in [3.63, 3.8) is 0 Å². The summed E-state index contributed by atoms with van der Waals surface area (Å²) in [7, 11) is 0. The first kappa shape index (κ1) is 18.6. The summed E-state index contributed by atoms with van der Waals surface area (Å²) in [4.78, 5) is 12.2. The van der Waals surface area contributed by atoms with Crippen molar-refractivity contribution in [1.82, 2.24) is 5.32 Å². The van der Waals surface area contributed by atoms with Crippen LogP contribution in [-0.4, -0.2) is 24.2 Å². The number of nitrogens with two attached hydrogens (primary N) is 1. The van der Waals surface area contributed by atoms with Crippen molar-refractivity contribution in [3.8, 4) is 0 Å². The van der Waals surface area contributed by atoms with E-state index in [0.717, 1.165) is 12.8 Å². The Kier molecular flexibility index (Phi) is 5.95. The van der Waals surface area contributed by atoms with Crippen molar-refractivity contribution >= 4 is 18.3 Å². The molecule has 1 amide bonds. The topological polar surface area (TPSA) is 55.1 Å². The Balaban J connectivity index is 0.00000220. The maximum atomic E-state index is 12.8. The van der Waals surface area contributed by atoms with Crippen molar-refractivity contribution in [3.05, 3.63) is 0 Å². The average Bonchev–Trinajstić information content (AvgIpc) is 3.22. The van der Waals surface area contributed by atoms with E-state index < -0.39 is 23.6 Å². The van der Waals surface area contributed by atoms with E-state index >= 15 is 0 Å². The second-order valence-electron chi connectivity index (χ2n) is 6.49. The highest BCUT2D eigenvalue weighted by molar-refractivity contribution is 5.85. The highest BCUT2D eigenvalue weighted by Gasteiger charge is 2.46. The van der Waals surface area contributed by atoms with Gasteiger partial charge in [0.15, 0.2) is 0 Å². The molecule has 2 fully saturated rings. The number of carbonyl (C=O) groups excluding carboxylic acids is 1. The molecule has 3 unspecified atom stereocenters. The van der Waals surface area contributed by atoms with Gasteiger partial charge in [-0.25, -0.2) is 0 Å². The third kappa shape index (κ3) is 4.49. The van der Waals surface area contributed by atoms with Crippen LogP contribution in [0.4, 0.5) is 13.2 Å². The predicted molar refractivity (Wildman–Crippen MR) is 77.1 cm³/mol. The molecule has 0 aliphatic heterocycles. The van der Waals surface area contributed by atoms with Crippen molar-refractivity contribution < 1.29 is 18.0 Å². The van der Waals surface area contributed by atoms with E-state index in [1.165, 1.54) is 0 Å². The van der Waals surface area contributed by atoms with Crippen LogP contribution in [0.15, 0.2) is 0 Å². The zero-order valence-corrected chi connectivity index (χ0v) is 13.0. The van der Waals surface area contributed by atoms with Crippen LogP contribution in [0.2, 0.25) is 0 Å². The molecule has 2 rings (SSSR count). The van der Waals surface area contributed by atoms with Crippen LogP contribution < -0.4 is 11.1 Å². The Hall–Kier alpha value is -0.490. The molecule has 7 heteroatoms. The monoisotopic (exact) mass is 328 g/mol. The van der Waals surface area contributed by atoms with Gasteiger partial charge in [-0.2, -0.15) is 13.2 Å². The van der Waals surface area contributed by atoms with Gasteiger partial charge in [0.05, 0.1) is 11.5 Å². The molecule has 0 heterocycles. The van der Waals surface area contributed by atoms with Crippen molar-refractivity contribution in [2.75, 3.05) is 6.54 Å². The van der Waals surface area contributed by atoms with Crippen LogP contribution >= 0.6 is 12.4 Å². The second-order valence-corrected chi connectivity index (χ2v) is 6.49. The lowest BCUT2D eigenvalue weighted by Gasteiger charge is -2.34. The highest BCUT2D eigenvalue weighted by Crippen LogP contribution is 2.42. The first-order valence-corrected chi connectivity index (χ1v) is 7.35. The van der Waals surface area contributed by atoms with E-state index in [4.69, 9.17) is 5.73 Å². The molecule has 0 aromatic heterocycles. The maximum absolute atomic E-state index is 12.8. The van der Waals surface area contributed by atoms with Gasteiger partial charge in [-0.1, -0.05) is 6.42 Å².